The van der Waals surface area contributed by atoms with E-state index in [0.717, 1.165) is 35.4 Å². The van der Waals surface area contributed by atoms with Gasteiger partial charge in [-0.2, -0.15) is 4.98 Å². The van der Waals surface area contributed by atoms with Gasteiger partial charge >= 0.3 is 0 Å². The van der Waals surface area contributed by atoms with Crippen LogP contribution in [0, 0.1) is 6.92 Å². The topological polar surface area (TPSA) is 67.8 Å². The minimum absolute atomic E-state index is 0.0618. The lowest BCUT2D eigenvalue weighted by molar-refractivity contribution is 0.0632. The highest BCUT2D eigenvalue weighted by molar-refractivity contribution is 7.20. The predicted octanol–water partition coefficient (Wildman–Crippen LogP) is 4.24. The Bertz CT molecular complexity index is 1120. The number of nitrogens with zero attached hydrogens (tertiary/aromatic N) is 4. The first kappa shape index (κ1) is 23.6. The Morgan fingerprint density at radius 2 is 1.79 bits per heavy atom. The first-order valence-corrected chi connectivity index (χ1v) is 12.2. The summed E-state index contributed by atoms with van der Waals surface area (Å²) < 4.78 is 10.7. The maximum atomic E-state index is 13.4. The molecule has 0 aliphatic carbocycles. The Kier molecular flexibility index (Phi) is 7.26. The highest BCUT2D eigenvalue weighted by Gasteiger charge is 2.27. The molecule has 1 aromatic carbocycles. The van der Waals surface area contributed by atoms with E-state index in [1.807, 2.05) is 11.8 Å². The third-order valence-electron chi connectivity index (χ3n) is 6.18. The van der Waals surface area contributed by atoms with Crippen molar-refractivity contribution in [3.8, 4) is 5.88 Å². The third-order valence-corrected chi connectivity index (χ3v) is 7.35. The summed E-state index contributed by atoms with van der Waals surface area (Å²) in [6.45, 7) is 10.8. The molecule has 1 amide bonds. The van der Waals surface area contributed by atoms with E-state index in [-0.39, 0.29) is 5.91 Å². The van der Waals surface area contributed by atoms with E-state index in [1.165, 1.54) is 22.5 Å². The molecule has 2 aromatic heterocycles. The number of ether oxygens (including phenoxy) is 2. The average molecular weight is 469 g/mol. The lowest BCUT2D eigenvalue weighted by Gasteiger charge is -2.34. The Morgan fingerprint density at radius 1 is 1.09 bits per heavy atom. The van der Waals surface area contributed by atoms with Crippen molar-refractivity contribution in [2.75, 3.05) is 40.4 Å². The van der Waals surface area contributed by atoms with Gasteiger partial charge in [-0.25, -0.2) is 4.98 Å². The number of rotatable bonds is 7. The average Bonchev–Trinajstić information content (AvgIpc) is 3.15. The van der Waals surface area contributed by atoms with Gasteiger partial charge in [0.25, 0.3) is 5.91 Å². The van der Waals surface area contributed by atoms with Gasteiger partial charge in [0.1, 0.15) is 11.4 Å². The number of benzene rings is 1. The summed E-state index contributed by atoms with van der Waals surface area (Å²) in [5.74, 6) is 1.65. The van der Waals surface area contributed by atoms with E-state index in [9.17, 15) is 4.79 Å². The molecule has 0 unspecified atom stereocenters. The largest absolute Gasteiger partial charge is 0.480 e. The van der Waals surface area contributed by atoms with Gasteiger partial charge in [-0.05, 0) is 29.5 Å². The van der Waals surface area contributed by atoms with Crippen LogP contribution in [-0.4, -0.2) is 66.1 Å². The first-order valence-electron chi connectivity index (χ1n) is 11.3. The van der Waals surface area contributed by atoms with Crippen molar-refractivity contribution in [3.05, 3.63) is 51.7 Å². The van der Waals surface area contributed by atoms with E-state index < -0.39 is 0 Å². The molecule has 3 aromatic rings. The van der Waals surface area contributed by atoms with Gasteiger partial charge in [-0.1, -0.05) is 38.1 Å². The molecule has 0 N–H and O–H groups in total. The smallest absolute Gasteiger partial charge is 0.264 e. The minimum atomic E-state index is 0.0618. The van der Waals surface area contributed by atoms with E-state index in [2.05, 4.69) is 53.0 Å². The molecular weight excluding hydrogens is 436 g/mol. The van der Waals surface area contributed by atoms with E-state index in [1.54, 1.807) is 14.2 Å². The van der Waals surface area contributed by atoms with Crippen LogP contribution >= 0.6 is 11.3 Å². The summed E-state index contributed by atoms with van der Waals surface area (Å²) in [6, 6.07) is 8.89. The van der Waals surface area contributed by atoms with Crippen molar-refractivity contribution < 1.29 is 14.3 Å². The van der Waals surface area contributed by atoms with Gasteiger partial charge in [-0.3, -0.25) is 9.69 Å². The standard InChI is InChI=1S/C25H32N4O3S/c1-16(2)19-8-6-18(7-9-19)14-28-10-12-29(13-11-28)25(30)22-17(3)21-23(32-5)26-20(15-31-4)27-24(21)33-22/h6-9,16H,10-15H2,1-5H3. The fourth-order valence-electron chi connectivity index (χ4n) is 4.21. The number of carbonyl (C=O) groups excluding carboxylic acids is 1. The Balaban J connectivity index is 1.44. The maximum Gasteiger partial charge on any atom is 0.264 e. The quantitative estimate of drug-likeness (QED) is 0.517. The molecule has 0 saturated carbocycles. The molecule has 1 fully saturated rings. The number of aryl methyl sites for hydroxylation is 1. The van der Waals surface area contributed by atoms with Crippen molar-refractivity contribution in [1.29, 1.82) is 0 Å². The van der Waals surface area contributed by atoms with E-state index in [4.69, 9.17) is 9.47 Å². The van der Waals surface area contributed by atoms with Gasteiger partial charge in [0.2, 0.25) is 5.88 Å². The third kappa shape index (κ3) is 5.03. The molecule has 1 aliphatic rings. The van der Waals surface area contributed by atoms with Crippen LogP contribution in [0.3, 0.4) is 0 Å². The van der Waals surface area contributed by atoms with Crippen molar-refractivity contribution in [2.45, 2.75) is 39.8 Å². The fourth-order valence-corrected chi connectivity index (χ4v) is 5.37. The van der Waals surface area contributed by atoms with Crippen LogP contribution in [0.4, 0.5) is 0 Å². The minimum Gasteiger partial charge on any atom is -0.480 e. The number of methoxy groups -OCH3 is 2. The summed E-state index contributed by atoms with van der Waals surface area (Å²) in [6.07, 6.45) is 0. The van der Waals surface area contributed by atoms with E-state index in [0.29, 0.717) is 42.2 Å². The van der Waals surface area contributed by atoms with Crippen LogP contribution in [0.15, 0.2) is 24.3 Å². The van der Waals surface area contributed by atoms with Crippen LogP contribution in [0.2, 0.25) is 0 Å². The zero-order valence-electron chi connectivity index (χ0n) is 20.1. The van der Waals surface area contributed by atoms with Gasteiger partial charge in [0.15, 0.2) is 5.82 Å². The number of aromatic nitrogens is 2. The van der Waals surface area contributed by atoms with Crippen LogP contribution < -0.4 is 4.74 Å². The van der Waals surface area contributed by atoms with Crippen molar-refractivity contribution in [2.24, 2.45) is 0 Å². The molecule has 1 aliphatic heterocycles. The van der Waals surface area contributed by atoms with Crippen molar-refractivity contribution in [1.82, 2.24) is 19.8 Å². The molecule has 0 spiro atoms. The second-order valence-electron chi connectivity index (χ2n) is 8.78. The molecule has 1 saturated heterocycles. The maximum absolute atomic E-state index is 13.4. The SMILES string of the molecule is COCc1nc(OC)c2c(C)c(C(=O)N3CCN(Cc4ccc(C(C)C)cc4)CC3)sc2n1. The van der Waals surface area contributed by atoms with Crippen LogP contribution in [0.1, 0.15) is 52.0 Å². The molecule has 0 bridgehead atoms. The van der Waals surface area contributed by atoms with E-state index >= 15 is 0 Å². The second kappa shape index (κ2) is 10.2. The van der Waals surface area contributed by atoms with Crippen molar-refractivity contribution >= 4 is 27.5 Å². The van der Waals surface area contributed by atoms with Crippen LogP contribution in [0.5, 0.6) is 5.88 Å². The number of hydrogen-bond donors (Lipinski definition) is 0. The van der Waals surface area contributed by atoms with Gasteiger partial charge in [0, 0.05) is 39.8 Å². The molecule has 0 atom stereocenters. The Morgan fingerprint density at radius 3 is 2.39 bits per heavy atom. The number of fused-ring (bicyclic) bond motifs is 1. The molecule has 176 valence electrons. The van der Waals surface area contributed by atoms with Crippen LogP contribution in [0.25, 0.3) is 10.2 Å². The molecule has 3 heterocycles. The molecule has 33 heavy (non-hydrogen) atoms. The Hall–Kier alpha value is -2.55. The Labute approximate surface area is 199 Å². The van der Waals surface area contributed by atoms with Gasteiger partial charge < -0.3 is 14.4 Å². The molecule has 4 rings (SSSR count). The summed E-state index contributed by atoms with van der Waals surface area (Å²) in [7, 11) is 3.20. The summed E-state index contributed by atoms with van der Waals surface area (Å²) in [5.41, 5.74) is 3.56. The lowest BCUT2D eigenvalue weighted by Crippen LogP contribution is -2.48. The van der Waals surface area contributed by atoms with Gasteiger partial charge in [-0.15, -0.1) is 11.3 Å². The highest BCUT2D eigenvalue weighted by Crippen LogP contribution is 2.36. The first-order chi connectivity index (χ1) is 15.9. The highest BCUT2D eigenvalue weighted by atomic mass is 32.1. The summed E-state index contributed by atoms with van der Waals surface area (Å²) >= 11 is 1.41. The monoisotopic (exact) mass is 468 g/mol. The van der Waals surface area contributed by atoms with Gasteiger partial charge in [0.05, 0.1) is 17.4 Å². The number of piperazine rings is 1. The number of hydrogen-bond acceptors (Lipinski definition) is 7. The molecule has 0 radical (unpaired) electrons. The molecule has 7 nitrogen and oxygen atoms in total. The van der Waals surface area contributed by atoms with Crippen LogP contribution in [-0.2, 0) is 17.9 Å². The number of amides is 1. The fraction of sp³-hybridized carbons (Fsp3) is 0.480. The van der Waals surface area contributed by atoms with Crippen molar-refractivity contribution in [3.63, 3.8) is 0 Å². The number of thiophene rings is 1. The zero-order valence-corrected chi connectivity index (χ0v) is 20.9. The molecular formula is C25H32N4O3S. The molecule has 8 heteroatoms. The predicted molar refractivity (Wildman–Crippen MR) is 131 cm³/mol. The summed E-state index contributed by atoms with van der Waals surface area (Å²) in [4.78, 5) is 28.2. The number of carbonyl (C=O) groups is 1. The summed E-state index contributed by atoms with van der Waals surface area (Å²) in [5, 5.41) is 0.814. The normalized spacial score (nSPS) is 14.9. The zero-order chi connectivity index (χ0) is 23.5. The lowest BCUT2D eigenvalue weighted by atomic mass is 10.0. The second-order valence-corrected chi connectivity index (χ2v) is 9.78.